The zero-order valence-corrected chi connectivity index (χ0v) is 16.0. The van der Waals surface area contributed by atoms with Crippen molar-refractivity contribution < 1.29 is 9.59 Å². The lowest BCUT2D eigenvalue weighted by Gasteiger charge is -2.26. The minimum absolute atomic E-state index is 0.0208. The summed E-state index contributed by atoms with van der Waals surface area (Å²) in [4.78, 5) is 29.2. The van der Waals surface area contributed by atoms with Gasteiger partial charge in [0, 0.05) is 30.9 Å². The molecule has 1 atom stereocenters. The first kappa shape index (κ1) is 18.2. The van der Waals surface area contributed by atoms with Gasteiger partial charge in [0.05, 0.1) is 5.92 Å². The number of carbonyl (C=O) groups is 2. The molecule has 1 aliphatic rings. The highest BCUT2D eigenvalue weighted by molar-refractivity contribution is 6.04. The molecule has 0 radical (unpaired) electrons. The monoisotopic (exact) mass is 350 g/mol. The van der Waals surface area contributed by atoms with Crippen molar-refractivity contribution in [1.82, 2.24) is 0 Å². The van der Waals surface area contributed by atoms with Gasteiger partial charge in [-0.05, 0) is 62.6 Å². The van der Waals surface area contributed by atoms with E-state index >= 15 is 0 Å². The molecular weight excluding hydrogens is 324 g/mol. The van der Waals surface area contributed by atoms with Crippen LogP contribution in [-0.2, 0) is 9.59 Å². The standard InChI is InChI=1S/C22H26N2O2/c1-5-23(20-9-7-6-8-16(20)3)22(26)18-13-21(25)24(14-18)19-11-10-15(2)17(4)12-19/h6-12,18H,5,13-14H2,1-4H3. The molecule has 136 valence electrons. The van der Waals surface area contributed by atoms with Crippen LogP contribution in [0.1, 0.15) is 30.0 Å². The second-order valence-corrected chi connectivity index (χ2v) is 7.04. The highest BCUT2D eigenvalue weighted by Gasteiger charge is 2.37. The summed E-state index contributed by atoms with van der Waals surface area (Å²) in [5.74, 6) is -0.252. The fraction of sp³-hybridized carbons (Fsp3) is 0.364. The van der Waals surface area contributed by atoms with E-state index in [4.69, 9.17) is 0 Å². The summed E-state index contributed by atoms with van der Waals surface area (Å²) >= 11 is 0. The van der Waals surface area contributed by atoms with Crippen molar-refractivity contribution in [2.75, 3.05) is 22.9 Å². The van der Waals surface area contributed by atoms with Gasteiger partial charge >= 0.3 is 0 Å². The first-order chi connectivity index (χ1) is 12.4. The maximum atomic E-state index is 13.1. The SMILES string of the molecule is CCN(C(=O)C1CC(=O)N(c2ccc(C)c(C)c2)C1)c1ccccc1C. The molecule has 0 aliphatic carbocycles. The average molecular weight is 350 g/mol. The molecule has 0 spiro atoms. The van der Waals surface area contributed by atoms with E-state index in [0.29, 0.717) is 13.1 Å². The highest BCUT2D eigenvalue weighted by Crippen LogP contribution is 2.29. The molecule has 3 rings (SSSR count). The Balaban J connectivity index is 1.82. The van der Waals surface area contributed by atoms with E-state index < -0.39 is 0 Å². The summed E-state index contributed by atoms with van der Waals surface area (Å²) in [5, 5.41) is 0. The Hall–Kier alpha value is -2.62. The molecule has 26 heavy (non-hydrogen) atoms. The van der Waals surface area contributed by atoms with Gasteiger partial charge in [-0.1, -0.05) is 24.3 Å². The Morgan fingerprint density at radius 3 is 2.46 bits per heavy atom. The van der Waals surface area contributed by atoms with Crippen LogP contribution >= 0.6 is 0 Å². The average Bonchev–Trinajstić information content (AvgIpc) is 3.01. The summed E-state index contributed by atoms with van der Waals surface area (Å²) < 4.78 is 0. The van der Waals surface area contributed by atoms with Crippen LogP contribution in [0.5, 0.6) is 0 Å². The topological polar surface area (TPSA) is 40.6 Å². The Labute approximate surface area is 155 Å². The summed E-state index contributed by atoms with van der Waals surface area (Å²) in [6.07, 6.45) is 0.272. The van der Waals surface area contributed by atoms with Crippen LogP contribution in [-0.4, -0.2) is 24.9 Å². The minimum atomic E-state index is -0.302. The number of anilines is 2. The quantitative estimate of drug-likeness (QED) is 0.836. The molecule has 4 heteroatoms. The van der Waals surface area contributed by atoms with Crippen molar-refractivity contribution in [3.63, 3.8) is 0 Å². The van der Waals surface area contributed by atoms with Crippen molar-refractivity contribution in [3.8, 4) is 0 Å². The fourth-order valence-corrected chi connectivity index (χ4v) is 3.55. The molecule has 0 aromatic heterocycles. The maximum Gasteiger partial charge on any atom is 0.232 e. The largest absolute Gasteiger partial charge is 0.312 e. The lowest BCUT2D eigenvalue weighted by molar-refractivity contribution is -0.124. The molecule has 2 amide bonds. The van der Waals surface area contributed by atoms with E-state index in [1.54, 1.807) is 9.80 Å². The molecule has 0 bridgehead atoms. The zero-order valence-electron chi connectivity index (χ0n) is 16.0. The van der Waals surface area contributed by atoms with Crippen LogP contribution in [0.2, 0.25) is 0 Å². The van der Waals surface area contributed by atoms with Crippen LogP contribution in [0.15, 0.2) is 42.5 Å². The molecule has 1 aliphatic heterocycles. The molecule has 2 aromatic rings. The number of para-hydroxylation sites is 1. The number of hydrogen-bond donors (Lipinski definition) is 0. The second-order valence-electron chi connectivity index (χ2n) is 7.04. The first-order valence-electron chi connectivity index (χ1n) is 9.17. The molecule has 1 fully saturated rings. The van der Waals surface area contributed by atoms with Gasteiger partial charge in [-0.2, -0.15) is 0 Å². The number of rotatable bonds is 4. The molecule has 1 unspecified atom stereocenters. The molecule has 4 nitrogen and oxygen atoms in total. The normalized spacial score (nSPS) is 16.8. The molecular formula is C22H26N2O2. The predicted octanol–water partition coefficient (Wildman–Crippen LogP) is 4.02. The van der Waals surface area contributed by atoms with E-state index in [1.165, 1.54) is 5.56 Å². The molecule has 0 saturated carbocycles. The fourth-order valence-electron chi connectivity index (χ4n) is 3.55. The maximum absolute atomic E-state index is 13.1. The highest BCUT2D eigenvalue weighted by atomic mass is 16.2. The third-order valence-corrected chi connectivity index (χ3v) is 5.26. The second kappa shape index (κ2) is 7.32. The van der Waals surface area contributed by atoms with E-state index in [0.717, 1.165) is 22.5 Å². The summed E-state index contributed by atoms with van der Waals surface area (Å²) in [5.41, 5.74) is 5.23. The summed E-state index contributed by atoms with van der Waals surface area (Å²) in [7, 11) is 0. The van der Waals surface area contributed by atoms with Gasteiger partial charge in [0.2, 0.25) is 11.8 Å². The van der Waals surface area contributed by atoms with Crippen LogP contribution in [0.4, 0.5) is 11.4 Å². The van der Waals surface area contributed by atoms with E-state index in [9.17, 15) is 9.59 Å². The molecule has 1 saturated heterocycles. The Bertz CT molecular complexity index is 844. The van der Waals surface area contributed by atoms with Crippen LogP contribution < -0.4 is 9.80 Å². The van der Waals surface area contributed by atoms with Gasteiger partial charge in [0.1, 0.15) is 0 Å². The van der Waals surface area contributed by atoms with Crippen LogP contribution in [0, 0.1) is 26.7 Å². The third kappa shape index (κ3) is 3.36. The number of amides is 2. The molecule has 0 N–H and O–H groups in total. The van der Waals surface area contributed by atoms with Gasteiger partial charge in [0.15, 0.2) is 0 Å². The Morgan fingerprint density at radius 1 is 1.08 bits per heavy atom. The van der Waals surface area contributed by atoms with Crippen LogP contribution in [0.25, 0.3) is 0 Å². The number of benzene rings is 2. The van der Waals surface area contributed by atoms with Gasteiger partial charge in [-0.25, -0.2) is 0 Å². The van der Waals surface area contributed by atoms with Gasteiger partial charge < -0.3 is 9.80 Å². The van der Waals surface area contributed by atoms with Crippen molar-refractivity contribution in [2.45, 2.75) is 34.1 Å². The van der Waals surface area contributed by atoms with Crippen molar-refractivity contribution in [3.05, 3.63) is 59.2 Å². The van der Waals surface area contributed by atoms with Crippen molar-refractivity contribution in [2.24, 2.45) is 5.92 Å². The van der Waals surface area contributed by atoms with E-state index in [1.807, 2.05) is 63.2 Å². The first-order valence-corrected chi connectivity index (χ1v) is 9.17. The van der Waals surface area contributed by atoms with Gasteiger partial charge in [0.25, 0.3) is 0 Å². The van der Waals surface area contributed by atoms with Crippen molar-refractivity contribution in [1.29, 1.82) is 0 Å². The Kier molecular flexibility index (Phi) is 5.12. The zero-order chi connectivity index (χ0) is 18.8. The van der Waals surface area contributed by atoms with Crippen LogP contribution in [0.3, 0.4) is 0 Å². The number of hydrogen-bond acceptors (Lipinski definition) is 2. The third-order valence-electron chi connectivity index (χ3n) is 5.26. The Morgan fingerprint density at radius 2 is 1.81 bits per heavy atom. The molecule has 1 heterocycles. The van der Waals surface area contributed by atoms with Crippen molar-refractivity contribution >= 4 is 23.2 Å². The van der Waals surface area contributed by atoms with E-state index in [2.05, 4.69) is 6.92 Å². The number of carbonyl (C=O) groups excluding carboxylic acids is 2. The number of nitrogens with zero attached hydrogens (tertiary/aromatic N) is 2. The van der Waals surface area contributed by atoms with Gasteiger partial charge in [-0.3, -0.25) is 9.59 Å². The smallest absolute Gasteiger partial charge is 0.232 e. The minimum Gasteiger partial charge on any atom is -0.312 e. The summed E-state index contributed by atoms with van der Waals surface area (Å²) in [6, 6.07) is 13.9. The molecule has 2 aromatic carbocycles. The number of aryl methyl sites for hydroxylation is 3. The lowest BCUT2D eigenvalue weighted by Crippen LogP contribution is -2.37. The predicted molar refractivity (Wildman–Crippen MR) is 106 cm³/mol. The lowest BCUT2D eigenvalue weighted by atomic mass is 10.1. The summed E-state index contributed by atoms with van der Waals surface area (Å²) in [6.45, 7) is 9.12. The van der Waals surface area contributed by atoms with Gasteiger partial charge in [-0.15, -0.1) is 0 Å². The van der Waals surface area contributed by atoms with E-state index in [-0.39, 0.29) is 24.2 Å².